The van der Waals surface area contributed by atoms with Crippen molar-refractivity contribution in [3.63, 3.8) is 0 Å². The first-order chi connectivity index (χ1) is 50.6. The molecule has 107 heavy (non-hydrogen) atoms. The highest BCUT2D eigenvalue weighted by atomic mass is 16.6. The number of carbonyl (C=O) groups excluding carboxylic acids is 11. The minimum Gasteiger partial charge on any atom is -0.480 e. The van der Waals surface area contributed by atoms with Gasteiger partial charge in [0.25, 0.3) is 0 Å². The van der Waals surface area contributed by atoms with Gasteiger partial charge >= 0.3 is 24.2 Å². The summed E-state index contributed by atoms with van der Waals surface area (Å²) in [6, 6.07) is 17.2. The zero-order valence-corrected chi connectivity index (χ0v) is 61.8. The summed E-state index contributed by atoms with van der Waals surface area (Å²) >= 11 is 0. The smallest absolute Gasteiger partial charge is 0.408 e. The number of ether oxygens (including phenoxy) is 3. The second-order valence-corrected chi connectivity index (χ2v) is 27.7. The van der Waals surface area contributed by atoms with Crippen LogP contribution >= 0.6 is 0 Å². The van der Waals surface area contributed by atoms with Crippen molar-refractivity contribution in [1.29, 1.82) is 0 Å². The molecule has 11 amide bonds. The van der Waals surface area contributed by atoms with E-state index in [-0.39, 0.29) is 75.8 Å². The minimum atomic E-state index is -1.89. The largest absolute Gasteiger partial charge is 0.480 e. The van der Waals surface area contributed by atoms with Crippen molar-refractivity contribution < 1.29 is 92.2 Å². The molecular formula is C74H104N14O19. The molecule has 1 aliphatic carbocycles. The number of hydrogen-bond donors (Lipinski definition) is 17. The molecule has 33 heteroatoms. The number of carboxylic acid groups (broad SMARTS) is 1. The van der Waals surface area contributed by atoms with E-state index in [1.807, 2.05) is 48.5 Å². The highest BCUT2D eigenvalue weighted by Gasteiger charge is 2.42. The monoisotopic (exact) mass is 1490 g/mol. The van der Waals surface area contributed by atoms with Crippen molar-refractivity contribution in [2.45, 2.75) is 186 Å². The van der Waals surface area contributed by atoms with Gasteiger partial charge in [0.05, 0.1) is 31.4 Å². The van der Waals surface area contributed by atoms with Crippen LogP contribution in [-0.4, -0.2) is 197 Å². The molecule has 0 aliphatic heterocycles. The number of benzene rings is 4. The fourth-order valence-electron chi connectivity index (χ4n) is 11.4. The molecule has 584 valence electrons. The van der Waals surface area contributed by atoms with Gasteiger partial charge in [0, 0.05) is 19.0 Å². The molecular weight excluding hydrogens is 1390 g/mol. The van der Waals surface area contributed by atoms with E-state index in [0.29, 0.717) is 5.56 Å². The van der Waals surface area contributed by atoms with E-state index in [2.05, 4.69) is 63.5 Å². The number of nitrogens with two attached hydrogens (primary N) is 2. The van der Waals surface area contributed by atoms with Crippen LogP contribution in [-0.2, 0) is 64.0 Å². The molecule has 5 rings (SSSR count). The Morgan fingerprint density at radius 3 is 1.63 bits per heavy atom. The summed E-state index contributed by atoms with van der Waals surface area (Å²) in [6.07, 6.45) is -6.74. The van der Waals surface area contributed by atoms with Gasteiger partial charge in [0.15, 0.2) is 5.96 Å². The number of aliphatic imine (C=N–C) groups is 1. The Bertz CT molecular complexity index is 3660. The Kier molecular flexibility index (Phi) is 34.3. The van der Waals surface area contributed by atoms with Crippen LogP contribution in [0.1, 0.15) is 136 Å². The van der Waals surface area contributed by atoms with Crippen LogP contribution in [0.2, 0.25) is 0 Å². The van der Waals surface area contributed by atoms with Crippen LogP contribution < -0.4 is 70.0 Å². The number of aliphatic hydroxyl groups excluding tert-OH is 3. The van der Waals surface area contributed by atoms with Gasteiger partial charge in [-0.2, -0.15) is 0 Å². The van der Waals surface area contributed by atoms with Crippen molar-refractivity contribution in [1.82, 2.24) is 58.5 Å². The Hall–Kier alpha value is -10.9. The van der Waals surface area contributed by atoms with Crippen LogP contribution in [0.25, 0.3) is 11.1 Å². The van der Waals surface area contributed by atoms with Crippen LogP contribution in [0.15, 0.2) is 114 Å². The molecule has 12 atom stereocenters. The normalized spacial score (nSPS) is 15.1. The summed E-state index contributed by atoms with van der Waals surface area (Å²) in [6.45, 7) is 13.3. The van der Waals surface area contributed by atoms with Gasteiger partial charge in [0.2, 0.25) is 47.3 Å². The van der Waals surface area contributed by atoms with Crippen molar-refractivity contribution >= 4 is 77.5 Å². The molecule has 4 aromatic carbocycles. The van der Waals surface area contributed by atoms with Gasteiger partial charge in [-0.25, -0.2) is 19.2 Å². The first-order valence-corrected chi connectivity index (χ1v) is 35.4. The number of nitrogens with one attached hydrogen (secondary N) is 11. The predicted molar refractivity (Wildman–Crippen MR) is 392 cm³/mol. The second kappa shape index (κ2) is 42.3. The number of hydrogen-bond acceptors (Lipinski definition) is 19. The van der Waals surface area contributed by atoms with Crippen LogP contribution in [0, 0.1) is 17.8 Å². The van der Waals surface area contributed by atoms with Gasteiger partial charge in [-0.1, -0.05) is 157 Å². The zero-order chi connectivity index (χ0) is 79.2. The number of alkyl carbamates (subject to hydrolysis) is 3. The fourth-order valence-corrected chi connectivity index (χ4v) is 11.4. The summed E-state index contributed by atoms with van der Waals surface area (Å²) < 4.78 is 16.7. The molecule has 0 unspecified atom stereocenters. The van der Waals surface area contributed by atoms with Crippen molar-refractivity contribution in [2.75, 3.05) is 32.8 Å². The Balaban J connectivity index is 1.37. The van der Waals surface area contributed by atoms with E-state index in [4.69, 9.17) is 25.7 Å². The molecule has 0 aromatic heterocycles. The molecule has 1 aliphatic rings. The lowest BCUT2D eigenvalue weighted by Crippen LogP contribution is -2.63. The number of carbonyl (C=O) groups is 12. The average molecular weight is 1490 g/mol. The van der Waals surface area contributed by atoms with Crippen molar-refractivity contribution in [2.24, 2.45) is 34.2 Å². The Labute approximate surface area is 621 Å². The maximum absolute atomic E-state index is 15.2. The Morgan fingerprint density at radius 2 is 1.07 bits per heavy atom. The van der Waals surface area contributed by atoms with Crippen LogP contribution in [0.4, 0.5) is 14.4 Å². The third-order valence-corrected chi connectivity index (χ3v) is 17.2. The number of rotatable bonds is 40. The summed E-state index contributed by atoms with van der Waals surface area (Å²) in [5, 5.41) is 69.2. The first kappa shape index (κ1) is 86.7. The van der Waals surface area contributed by atoms with E-state index < -0.39 is 175 Å². The zero-order valence-electron chi connectivity index (χ0n) is 61.8. The summed E-state index contributed by atoms with van der Waals surface area (Å²) in [5.41, 5.74) is 14.8. The molecule has 4 aromatic rings. The SMILES string of the molecule is CC[C@H](C)[C@H](NC(=O)[C@@H](CCCN=C(N)N)NC(=O)[C@H](CC(C)C)NC(=O)[C@@H](NC(=O)[C@@H](NC(=O)OCC1c2ccccc2-c2ccccc21)[C@H](NC(=O)OC(C)(C)C)c1ccccc1)[C@H](O)C(C)C)C(=O)N[C@H](C(=O)NCC(=O)N[C@@H](CCNC(=O)OCc1ccccc1)C(=O)N[C@@H](CO)C(=O)O)[C@H](C)O. The van der Waals surface area contributed by atoms with Gasteiger partial charge in [0.1, 0.15) is 67.1 Å². The highest BCUT2D eigenvalue weighted by Crippen LogP contribution is 2.44. The van der Waals surface area contributed by atoms with Gasteiger partial charge in [-0.05, 0) is 105 Å². The third kappa shape index (κ3) is 27.8. The summed E-state index contributed by atoms with van der Waals surface area (Å²) in [7, 11) is 0. The van der Waals surface area contributed by atoms with E-state index in [1.54, 1.807) is 123 Å². The number of guanidine groups is 1. The maximum Gasteiger partial charge on any atom is 0.408 e. The molecule has 0 saturated heterocycles. The maximum atomic E-state index is 15.2. The molecule has 33 nitrogen and oxygen atoms in total. The molecule has 19 N–H and O–H groups in total. The molecule has 0 spiro atoms. The number of amides is 11. The Morgan fingerprint density at radius 1 is 0.542 bits per heavy atom. The molecule has 0 bridgehead atoms. The number of carboxylic acids is 1. The molecule has 0 fully saturated rings. The highest BCUT2D eigenvalue weighted by molar-refractivity contribution is 5.98. The van der Waals surface area contributed by atoms with E-state index in [1.165, 1.54) is 0 Å². The minimum absolute atomic E-state index is 0.0415. The van der Waals surface area contributed by atoms with Crippen LogP contribution in [0.3, 0.4) is 0 Å². The fraction of sp³-hybridized carbons (Fsp3) is 0.500. The third-order valence-electron chi connectivity index (χ3n) is 17.2. The first-order valence-electron chi connectivity index (χ1n) is 35.4. The van der Waals surface area contributed by atoms with Gasteiger partial charge in [-0.15, -0.1) is 0 Å². The number of aliphatic hydroxyl groups is 3. The van der Waals surface area contributed by atoms with Crippen LogP contribution in [0.5, 0.6) is 0 Å². The van der Waals surface area contributed by atoms with Gasteiger partial charge < -0.3 is 105 Å². The molecule has 0 radical (unpaired) electrons. The lowest BCUT2D eigenvalue weighted by atomic mass is 9.95. The van der Waals surface area contributed by atoms with Crippen molar-refractivity contribution in [3.05, 3.63) is 131 Å². The molecule has 0 heterocycles. The van der Waals surface area contributed by atoms with E-state index in [0.717, 1.165) is 29.2 Å². The lowest BCUT2D eigenvalue weighted by Gasteiger charge is -2.33. The lowest BCUT2D eigenvalue weighted by molar-refractivity contribution is -0.143. The van der Waals surface area contributed by atoms with Crippen molar-refractivity contribution in [3.8, 4) is 11.1 Å². The second-order valence-electron chi connectivity index (χ2n) is 27.7. The summed E-state index contributed by atoms with van der Waals surface area (Å²) in [5.74, 6) is -12.5. The molecule has 0 saturated carbocycles. The average Bonchev–Trinajstić information content (AvgIpc) is 1.62. The topological polar surface area (TPSA) is 510 Å². The van der Waals surface area contributed by atoms with Gasteiger partial charge in [-0.3, -0.25) is 43.3 Å². The summed E-state index contributed by atoms with van der Waals surface area (Å²) in [4.78, 5) is 171. The number of nitrogens with zero attached hydrogens (tertiary/aromatic N) is 1. The predicted octanol–water partition coefficient (Wildman–Crippen LogP) is 1.61. The quantitative estimate of drug-likeness (QED) is 0.0130. The number of fused-ring (bicyclic) bond motifs is 3. The van der Waals surface area contributed by atoms with E-state index >= 15 is 4.79 Å². The van der Waals surface area contributed by atoms with E-state index in [9.17, 15) is 73.2 Å². The number of aliphatic carboxylic acids is 1. The standard InChI is InChI=1S/C74H104N14O19/c1-11-42(6)56(66(97)85-57(43(7)90)65(96)79-36-55(91)80-52(62(93)83-54(37-89)69(100)101)32-34-78-71(102)105-38-44-23-14-12-15-24-44)84-63(94)51(31-22-33-77-70(75)76)81-64(95)53(35-40(2)3)82-68(99)60(61(92)41(4)5)86-67(98)59(58(45-25-16-13-17-26-45)87-73(104)107-74(8,9)10)88-72(103)106-39-50-48-29-20-18-27-46(48)47-28-19-21-30-49(47)50/h12-21,23-30,40-43,50-54,56-61,89-90,92H,11,22,31-39H2,1-10H3,(H,78,102)(H,79,96)(H,80,91)(H,81,95)(H,82,99)(H,83,93)(H,84,94)(H,85,97)(H,86,98)(H,87,104)(H,88,103)(H,100,101)(H4,75,76,77)/t42-,43-,51+,52-,53-,54-,56-,57-,58+,59-,60-,61+/m0/s1.